The molecular weight excluding hydrogens is 420 g/mol. The van der Waals surface area contributed by atoms with E-state index in [2.05, 4.69) is 0 Å². The summed E-state index contributed by atoms with van der Waals surface area (Å²) in [7, 11) is 1.87. The molecule has 2 aromatic carbocycles. The van der Waals surface area contributed by atoms with E-state index in [0.29, 0.717) is 35.5 Å². The van der Waals surface area contributed by atoms with Gasteiger partial charge < -0.3 is 14.4 Å². The first kappa shape index (κ1) is 22.3. The van der Waals surface area contributed by atoms with Crippen LogP contribution in [0.1, 0.15) is 50.2 Å². The van der Waals surface area contributed by atoms with Crippen molar-refractivity contribution in [3.8, 4) is 11.5 Å². The van der Waals surface area contributed by atoms with Crippen LogP contribution in [0.2, 0.25) is 0 Å². The molecule has 1 amide bonds. The number of hydrogen-bond donors (Lipinski definition) is 0. The van der Waals surface area contributed by atoms with Crippen LogP contribution in [0.5, 0.6) is 11.5 Å². The third-order valence-electron chi connectivity index (χ3n) is 6.04. The molecule has 0 atom stereocenters. The Morgan fingerprint density at radius 1 is 1.03 bits per heavy atom. The highest BCUT2D eigenvalue weighted by atomic mass is 32.1. The van der Waals surface area contributed by atoms with Crippen molar-refractivity contribution in [3.05, 3.63) is 65.4 Å². The van der Waals surface area contributed by atoms with E-state index in [4.69, 9.17) is 21.7 Å². The van der Waals surface area contributed by atoms with E-state index in [9.17, 15) is 4.79 Å². The van der Waals surface area contributed by atoms with Gasteiger partial charge in [-0.1, -0.05) is 55.7 Å². The largest absolute Gasteiger partial charge is 0.490 e. The van der Waals surface area contributed by atoms with Crippen molar-refractivity contribution in [1.82, 2.24) is 9.80 Å². The minimum Gasteiger partial charge on any atom is -0.490 e. The highest BCUT2D eigenvalue weighted by molar-refractivity contribution is 7.80. The van der Waals surface area contributed by atoms with Gasteiger partial charge in [0.1, 0.15) is 12.3 Å². The van der Waals surface area contributed by atoms with Crippen LogP contribution in [0.25, 0.3) is 6.08 Å². The summed E-state index contributed by atoms with van der Waals surface area (Å²) in [6, 6.07) is 16.0. The van der Waals surface area contributed by atoms with Gasteiger partial charge in [-0.15, -0.1) is 0 Å². The second-order valence-corrected chi connectivity index (χ2v) is 8.62. The van der Waals surface area contributed by atoms with Crippen LogP contribution in [-0.2, 0) is 11.4 Å². The summed E-state index contributed by atoms with van der Waals surface area (Å²) in [5.41, 5.74) is 2.57. The third kappa shape index (κ3) is 4.80. The van der Waals surface area contributed by atoms with Crippen LogP contribution in [0.3, 0.4) is 0 Å². The molecule has 2 fully saturated rings. The van der Waals surface area contributed by atoms with Gasteiger partial charge in [-0.3, -0.25) is 9.69 Å². The van der Waals surface area contributed by atoms with Crippen LogP contribution in [-0.4, -0.2) is 40.5 Å². The summed E-state index contributed by atoms with van der Waals surface area (Å²) in [5.74, 6) is 1.34. The lowest BCUT2D eigenvalue weighted by molar-refractivity contribution is -0.124. The van der Waals surface area contributed by atoms with Crippen molar-refractivity contribution in [1.29, 1.82) is 0 Å². The van der Waals surface area contributed by atoms with Crippen molar-refractivity contribution in [3.63, 3.8) is 0 Å². The van der Waals surface area contributed by atoms with E-state index < -0.39 is 0 Å². The topological polar surface area (TPSA) is 42.0 Å². The van der Waals surface area contributed by atoms with Gasteiger partial charge in [-0.2, -0.15) is 0 Å². The SMILES string of the molecule is CCOc1cc(C=C2C(=O)N(C3CCCCC3)C(=S)N2C)ccc1OCc1ccccc1. The minimum absolute atomic E-state index is 0.00763. The normalized spacial score (nSPS) is 18.5. The molecule has 2 aliphatic rings. The Labute approximate surface area is 195 Å². The first-order chi connectivity index (χ1) is 15.6. The second kappa shape index (κ2) is 10.2. The zero-order valence-corrected chi connectivity index (χ0v) is 19.6. The van der Waals surface area contributed by atoms with E-state index >= 15 is 0 Å². The molecule has 0 N–H and O–H groups in total. The van der Waals surface area contributed by atoms with Gasteiger partial charge in [-0.05, 0) is 61.3 Å². The predicted octanol–water partition coefficient (Wildman–Crippen LogP) is 5.40. The fraction of sp³-hybridized carbons (Fsp3) is 0.385. The Morgan fingerprint density at radius 3 is 2.50 bits per heavy atom. The maximum atomic E-state index is 13.2. The molecule has 1 saturated heterocycles. The Kier molecular flexibility index (Phi) is 7.10. The summed E-state index contributed by atoms with van der Waals surface area (Å²) in [5, 5.41) is 0.598. The monoisotopic (exact) mass is 450 g/mol. The molecule has 1 aliphatic carbocycles. The number of rotatable bonds is 7. The van der Waals surface area contributed by atoms with E-state index in [1.165, 1.54) is 6.42 Å². The molecule has 0 unspecified atom stereocenters. The van der Waals surface area contributed by atoms with Crippen LogP contribution >= 0.6 is 12.2 Å². The molecule has 1 heterocycles. The summed E-state index contributed by atoms with van der Waals surface area (Å²) in [4.78, 5) is 16.9. The molecule has 0 spiro atoms. The molecule has 0 radical (unpaired) electrons. The smallest absolute Gasteiger partial charge is 0.277 e. The Hall–Kier alpha value is -2.86. The van der Waals surface area contributed by atoms with Crippen LogP contribution in [0.4, 0.5) is 0 Å². The number of amides is 1. The molecule has 1 aliphatic heterocycles. The maximum Gasteiger partial charge on any atom is 0.277 e. The maximum absolute atomic E-state index is 13.2. The highest BCUT2D eigenvalue weighted by Crippen LogP contribution is 2.33. The lowest BCUT2D eigenvalue weighted by Gasteiger charge is -2.30. The molecule has 168 valence electrons. The molecule has 4 rings (SSSR count). The van der Waals surface area contributed by atoms with Gasteiger partial charge >= 0.3 is 0 Å². The molecular formula is C26H30N2O3S. The molecule has 1 saturated carbocycles. The van der Waals surface area contributed by atoms with Crippen molar-refractivity contribution in [2.45, 2.75) is 51.7 Å². The highest BCUT2D eigenvalue weighted by Gasteiger charge is 2.40. The lowest BCUT2D eigenvalue weighted by Crippen LogP contribution is -2.41. The number of thiocarbonyl (C=S) groups is 1. The molecule has 0 bridgehead atoms. The van der Waals surface area contributed by atoms with Crippen LogP contribution in [0, 0.1) is 0 Å². The van der Waals surface area contributed by atoms with E-state index in [1.807, 2.05) is 78.4 Å². The van der Waals surface area contributed by atoms with Gasteiger partial charge in [-0.25, -0.2) is 0 Å². The Bertz CT molecular complexity index is 999. The first-order valence-electron chi connectivity index (χ1n) is 11.3. The predicted molar refractivity (Wildman–Crippen MR) is 130 cm³/mol. The van der Waals surface area contributed by atoms with Gasteiger partial charge in [0, 0.05) is 13.1 Å². The fourth-order valence-corrected chi connectivity index (χ4v) is 4.66. The molecule has 0 aromatic heterocycles. The van der Waals surface area contributed by atoms with Crippen molar-refractivity contribution >= 4 is 29.3 Å². The zero-order valence-electron chi connectivity index (χ0n) is 18.8. The number of carbonyl (C=O) groups is 1. The minimum atomic E-state index is -0.00763. The van der Waals surface area contributed by atoms with Crippen LogP contribution < -0.4 is 9.47 Å². The molecule has 5 nitrogen and oxygen atoms in total. The lowest BCUT2D eigenvalue weighted by atomic mass is 9.94. The zero-order chi connectivity index (χ0) is 22.5. The average Bonchev–Trinajstić information content (AvgIpc) is 3.03. The standard InChI is InChI=1S/C26H30N2O3S/c1-3-30-24-17-20(14-15-23(24)31-18-19-10-6-4-7-11-19)16-22-25(29)28(26(32)27(22)2)21-12-8-5-9-13-21/h4,6-7,10-11,14-17,21H,3,5,8-9,12-13,18H2,1-2H3. The number of hydrogen-bond acceptors (Lipinski definition) is 4. The Balaban J connectivity index is 1.55. The fourth-order valence-electron chi connectivity index (χ4n) is 4.33. The van der Waals surface area contributed by atoms with Gasteiger partial charge in [0.25, 0.3) is 5.91 Å². The quantitative estimate of drug-likeness (QED) is 0.418. The van der Waals surface area contributed by atoms with Crippen LogP contribution in [0.15, 0.2) is 54.2 Å². The third-order valence-corrected chi connectivity index (χ3v) is 6.51. The number of benzene rings is 2. The molecule has 2 aromatic rings. The number of nitrogens with zero attached hydrogens (tertiary/aromatic N) is 2. The second-order valence-electron chi connectivity index (χ2n) is 8.25. The van der Waals surface area contributed by atoms with Crippen molar-refractivity contribution in [2.24, 2.45) is 0 Å². The number of carbonyl (C=O) groups excluding carboxylic acids is 1. The van der Waals surface area contributed by atoms with E-state index in [1.54, 1.807) is 0 Å². The van der Waals surface area contributed by atoms with E-state index in [0.717, 1.165) is 36.8 Å². The number of likely N-dealkylation sites (N-methyl/N-ethyl adjacent to an activating group) is 1. The molecule has 6 heteroatoms. The van der Waals surface area contributed by atoms with Gasteiger partial charge in [0.05, 0.1) is 6.61 Å². The van der Waals surface area contributed by atoms with Crippen molar-refractivity contribution < 1.29 is 14.3 Å². The van der Waals surface area contributed by atoms with Crippen molar-refractivity contribution in [2.75, 3.05) is 13.7 Å². The summed E-state index contributed by atoms with van der Waals surface area (Å²) >= 11 is 5.63. The van der Waals surface area contributed by atoms with Gasteiger partial charge in [0.15, 0.2) is 16.6 Å². The first-order valence-corrected chi connectivity index (χ1v) is 11.8. The average molecular weight is 451 g/mol. The van der Waals surface area contributed by atoms with E-state index in [-0.39, 0.29) is 11.9 Å². The summed E-state index contributed by atoms with van der Waals surface area (Å²) < 4.78 is 11.8. The summed E-state index contributed by atoms with van der Waals surface area (Å²) in [6.07, 6.45) is 7.48. The van der Waals surface area contributed by atoms with Gasteiger partial charge in [0.2, 0.25) is 0 Å². The number of ether oxygens (including phenoxy) is 2. The summed E-state index contributed by atoms with van der Waals surface area (Å²) in [6.45, 7) is 2.94. The molecule has 32 heavy (non-hydrogen) atoms. The Morgan fingerprint density at radius 2 is 1.78 bits per heavy atom.